The lowest BCUT2D eigenvalue weighted by atomic mass is 9.83. The van der Waals surface area contributed by atoms with Gasteiger partial charge in [0.1, 0.15) is 6.07 Å². The molecule has 6 nitrogen and oxygen atoms in total. The second-order valence-electron chi connectivity index (χ2n) is 7.72. The summed E-state index contributed by atoms with van der Waals surface area (Å²) in [5.74, 6) is 0.979. The molecule has 1 aliphatic heterocycles. The summed E-state index contributed by atoms with van der Waals surface area (Å²) in [5.41, 5.74) is 3.29. The first-order valence-corrected chi connectivity index (χ1v) is 9.80. The van der Waals surface area contributed by atoms with Crippen LogP contribution in [0, 0.1) is 11.3 Å². The first kappa shape index (κ1) is 22.0. The number of para-hydroxylation sites is 1. The lowest BCUT2D eigenvalue weighted by Crippen LogP contribution is -2.24. The molecule has 0 fully saturated rings. The molecule has 0 saturated heterocycles. The van der Waals surface area contributed by atoms with Crippen LogP contribution in [0.25, 0.3) is 6.08 Å². The Balaban J connectivity index is 2.02. The fourth-order valence-electron chi connectivity index (χ4n) is 3.97. The van der Waals surface area contributed by atoms with Crippen LogP contribution in [0.2, 0.25) is 0 Å². The van der Waals surface area contributed by atoms with Crippen LogP contribution in [0.1, 0.15) is 25.0 Å². The molecule has 0 aliphatic carbocycles. The lowest BCUT2D eigenvalue weighted by molar-refractivity contribution is -0.111. The summed E-state index contributed by atoms with van der Waals surface area (Å²) in [4.78, 5) is 15.1. The number of benzene rings is 2. The molecular formula is C25H26N2O4. The fourth-order valence-corrected chi connectivity index (χ4v) is 3.97. The summed E-state index contributed by atoms with van der Waals surface area (Å²) in [6.07, 6.45) is 3.08. The van der Waals surface area contributed by atoms with E-state index in [0.29, 0.717) is 22.8 Å². The number of hydrogen-bond donors (Lipinski definition) is 0. The molecule has 3 rings (SSSR count). The van der Waals surface area contributed by atoms with Gasteiger partial charge in [-0.2, -0.15) is 5.26 Å². The number of rotatable bonds is 6. The van der Waals surface area contributed by atoms with Crippen LogP contribution >= 0.6 is 0 Å². The van der Waals surface area contributed by atoms with E-state index in [1.54, 1.807) is 18.2 Å². The highest BCUT2D eigenvalue weighted by atomic mass is 16.5. The van der Waals surface area contributed by atoms with Gasteiger partial charge in [0, 0.05) is 29.9 Å². The van der Waals surface area contributed by atoms with Crippen LogP contribution in [0.4, 0.5) is 5.69 Å². The highest BCUT2D eigenvalue weighted by molar-refractivity contribution is 6.11. The first-order valence-electron chi connectivity index (χ1n) is 9.80. The quantitative estimate of drug-likeness (QED) is 0.508. The number of ketones is 1. The minimum absolute atomic E-state index is 0.0157. The van der Waals surface area contributed by atoms with Crippen molar-refractivity contribution in [2.75, 3.05) is 33.3 Å². The lowest BCUT2D eigenvalue weighted by Gasteiger charge is -2.23. The normalized spacial score (nSPS) is 16.0. The number of allylic oxidation sites excluding steroid dienone is 3. The smallest absolute Gasteiger partial charge is 0.203 e. The Bertz CT molecular complexity index is 1100. The number of ether oxygens (including phenoxy) is 3. The van der Waals surface area contributed by atoms with Gasteiger partial charge in [0.15, 0.2) is 17.3 Å². The highest BCUT2D eigenvalue weighted by Gasteiger charge is 2.38. The molecule has 0 radical (unpaired) electrons. The van der Waals surface area contributed by atoms with Gasteiger partial charge in [-0.1, -0.05) is 32.0 Å². The van der Waals surface area contributed by atoms with Crippen LogP contribution < -0.4 is 19.1 Å². The molecular weight excluding hydrogens is 392 g/mol. The van der Waals surface area contributed by atoms with Gasteiger partial charge in [0.2, 0.25) is 5.75 Å². The van der Waals surface area contributed by atoms with E-state index in [1.165, 1.54) is 27.4 Å². The summed E-state index contributed by atoms with van der Waals surface area (Å²) in [7, 11) is 6.48. The van der Waals surface area contributed by atoms with E-state index < -0.39 is 0 Å². The Labute approximate surface area is 183 Å². The molecule has 0 saturated carbocycles. The molecule has 2 aromatic rings. The van der Waals surface area contributed by atoms with Gasteiger partial charge in [-0.15, -0.1) is 0 Å². The second-order valence-corrected chi connectivity index (χ2v) is 7.72. The molecule has 160 valence electrons. The maximum atomic E-state index is 13.1. The number of carbonyl (C=O) groups is 1. The average molecular weight is 418 g/mol. The van der Waals surface area contributed by atoms with Crippen LogP contribution in [0.5, 0.6) is 17.2 Å². The molecule has 0 bridgehead atoms. The first-order chi connectivity index (χ1) is 14.8. The monoisotopic (exact) mass is 418 g/mol. The van der Waals surface area contributed by atoms with E-state index >= 15 is 0 Å². The SMILES string of the molecule is COc1cc(C=C(C#N)C(=O)C=C2N(C)c3ccccc3C2(C)C)cc(OC)c1OC. The van der Waals surface area contributed by atoms with Gasteiger partial charge in [-0.05, 0) is 35.4 Å². The van der Waals surface area contributed by atoms with Crippen molar-refractivity contribution in [3.63, 3.8) is 0 Å². The number of carbonyl (C=O) groups excluding carboxylic acids is 1. The molecule has 0 spiro atoms. The molecule has 6 heteroatoms. The molecule has 0 N–H and O–H groups in total. The van der Waals surface area contributed by atoms with Crippen molar-refractivity contribution in [1.82, 2.24) is 0 Å². The number of methoxy groups -OCH3 is 3. The second kappa shape index (κ2) is 8.57. The van der Waals surface area contributed by atoms with E-state index in [2.05, 4.69) is 19.9 Å². The summed E-state index contributed by atoms with van der Waals surface area (Å²) >= 11 is 0. The van der Waals surface area contributed by atoms with E-state index in [-0.39, 0.29) is 16.8 Å². The van der Waals surface area contributed by atoms with Crippen LogP contribution in [-0.4, -0.2) is 34.2 Å². The predicted molar refractivity (Wildman–Crippen MR) is 121 cm³/mol. The zero-order valence-electron chi connectivity index (χ0n) is 18.6. The third kappa shape index (κ3) is 3.87. The van der Waals surface area contributed by atoms with E-state index in [4.69, 9.17) is 14.2 Å². The Morgan fingerprint density at radius 2 is 1.68 bits per heavy atom. The van der Waals surface area contributed by atoms with Gasteiger partial charge in [-0.25, -0.2) is 0 Å². The molecule has 0 atom stereocenters. The highest BCUT2D eigenvalue weighted by Crippen LogP contribution is 2.46. The minimum Gasteiger partial charge on any atom is -0.493 e. The predicted octanol–water partition coefficient (Wildman–Crippen LogP) is 4.50. The number of nitriles is 1. The largest absolute Gasteiger partial charge is 0.493 e. The van der Waals surface area contributed by atoms with Crippen molar-refractivity contribution >= 4 is 17.5 Å². The Hall–Kier alpha value is -3.72. The summed E-state index contributed by atoms with van der Waals surface area (Å²) in [6.45, 7) is 4.15. The third-order valence-electron chi connectivity index (χ3n) is 5.59. The average Bonchev–Trinajstić information content (AvgIpc) is 2.97. The number of fused-ring (bicyclic) bond motifs is 1. The molecule has 31 heavy (non-hydrogen) atoms. The molecule has 0 amide bonds. The molecule has 0 unspecified atom stereocenters. The zero-order chi connectivity index (χ0) is 22.8. The molecule has 0 aromatic heterocycles. The maximum absolute atomic E-state index is 13.1. The van der Waals surface area contributed by atoms with E-state index in [0.717, 1.165) is 16.9 Å². The van der Waals surface area contributed by atoms with Crippen LogP contribution in [0.15, 0.2) is 53.7 Å². The number of nitrogens with zero attached hydrogens (tertiary/aromatic N) is 2. The van der Waals surface area contributed by atoms with Crippen molar-refractivity contribution in [1.29, 1.82) is 5.26 Å². The van der Waals surface area contributed by atoms with Gasteiger partial charge in [-0.3, -0.25) is 4.79 Å². The fraction of sp³-hybridized carbons (Fsp3) is 0.280. The van der Waals surface area contributed by atoms with Crippen molar-refractivity contribution in [2.24, 2.45) is 0 Å². The van der Waals surface area contributed by atoms with Crippen LogP contribution in [-0.2, 0) is 10.2 Å². The minimum atomic E-state index is -0.362. The standard InChI is InChI=1S/C25H26N2O4/c1-25(2)18-9-7-8-10-19(18)27(3)23(25)14-20(28)17(15-26)11-16-12-21(29-4)24(31-6)22(13-16)30-5/h7-14H,1-6H3. The Morgan fingerprint density at radius 1 is 1.06 bits per heavy atom. The zero-order valence-corrected chi connectivity index (χ0v) is 18.6. The Morgan fingerprint density at radius 3 is 2.19 bits per heavy atom. The van der Waals surface area contributed by atoms with Crippen molar-refractivity contribution < 1.29 is 19.0 Å². The van der Waals surface area contributed by atoms with Crippen molar-refractivity contribution in [2.45, 2.75) is 19.3 Å². The van der Waals surface area contributed by atoms with E-state index in [9.17, 15) is 10.1 Å². The molecule has 1 aliphatic rings. The van der Waals surface area contributed by atoms with Crippen LogP contribution in [0.3, 0.4) is 0 Å². The van der Waals surface area contributed by atoms with Gasteiger partial charge in [0.25, 0.3) is 0 Å². The topological polar surface area (TPSA) is 71.8 Å². The molecule has 1 heterocycles. The summed E-state index contributed by atoms with van der Waals surface area (Å²) in [6, 6.07) is 13.5. The Kier molecular flexibility index (Phi) is 6.07. The van der Waals surface area contributed by atoms with Gasteiger partial charge in [0.05, 0.1) is 26.9 Å². The molecule has 2 aromatic carbocycles. The third-order valence-corrected chi connectivity index (χ3v) is 5.59. The summed E-state index contributed by atoms with van der Waals surface area (Å²) < 4.78 is 16.0. The number of anilines is 1. The van der Waals surface area contributed by atoms with Crippen molar-refractivity contribution in [3.8, 4) is 23.3 Å². The number of likely N-dealkylation sites (N-methyl/N-ethyl adjacent to an activating group) is 1. The van der Waals surface area contributed by atoms with Crippen molar-refractivity contribution in [3.05, 3.63) is 64.9 Å². The number of hydrogen-bond acceptors (Lipinski definition) is 6. The maximum Gasteiger partial charge on any atom is 0.203 e. The van der Waals surface area contributed by atoms with Gasteiger partial charge >= 0.3 is 0 Å². The summed E-state index contributed by atoms with van der Waals surface area (Å²) in [5, 5.41) is 9.69. The van der Waals surface area contributed by atoms with E-state index in [1.807, 2.05) is 36.2 Å². The van der Waals surface area contributed by atoms with Gasteiger partial charge < -0.3 is 19.1 Å².